The third kappa shape index (κ3) is 4.95. The smallest absolute Gasteiger partial charge is 0.374 e. The highest BCUT2D eigenvalue weighted by Crippen LogP contribution is 2.19. The Bertz CT molecular complexity index is 548. The van der Waals surface area contributed by atoms with E-state index in [9.17, 15) is 13.2 Å². The Labute approximate surface area is 118 Å². The molecular weight excluding hydrogens is 286 g/mol. The number of sulfonamides is 1. The largest absolute Gasteiger partial charge is 0.457 e. The van der Waals surface area contributed by atoms with Crippen LogP contribution in [-0.2, 0) is 19.5 Å². The van der Waals surface area contributed by atoms with Gasteiger partial charge in [0.1, 0.15) is 17.3 Å². The second-order valence-corrected chi connectivity index (χ2v) is 5.71. The monoisotopic (exact) mass is 305 g/mol. The Morgan fingerprint density at radius 3 is 2.60 bits per heavy atom. The number of hydrogen-bond donors (Lipinski definition) is 1. The van der Waals surface area contributed by atoms with Crippen molar-refractivity contribution in [2.24, 2.45) is 5.14 Å². The van der Waals surface area contributed by atoms with Crippen molar-refractivity contribution in [2.45, 2.75) is 31.6 Å². The van der Waals surface area contributed by atoms with Crippen molar-refractivity contribution < 1.29 is 27.1 Å². The van der Waals surface area contributed by atoms with Crippen molar-refractivity contribution in [1.82, 2.24) is 0 Å². The van der Waals surface area contributed by atoms with Crippen molar-refractivity contribution in [2.75, 3.05) is 19.8 Å². The van der Waals surface area contributed by atoms with Crippen molar-refractivity contribution in [3.05, 3.63) is 17.6 Å². The van der Waals surface area contributed by atoms with E-state index in [0.29, 0.717) is 6.61 Å². The van der Waals surface area contributed by atoms with Gasteiger partial charge < -0.3 is 13.9 Å². The molecule has 0 unspecified atom stereocenters. The van der Waals surface area contributed by atoms with Crippen molar-refractivity contribution in [3.63, 3.8) is 0 Å². The van der Waals surface area contributed by atoms with Gasteiger partial charge in [-0.05, 0) is 13.3 Å². The molecule has 114 valence electrons. The summed E-state index contributed by atoms with van der Waals surface area (Å²) in [5, 5.41) is 4.98. The molecule has 0 saturated carbocycles. The summed E-state index contributed by atoms with van der Waals surface area (Å²) in [5.74, 6) is -0.888. The first-order valence-corrected chi connectivity index (χ1v) is 7.79. The van der Waals surface area contributed by atoms with Crippen LogP contribution in [0.25, 0.3) is 0 Å². The van der Waals surface area contributed by atoms with Gasteiger partial charge in [-0.25, -0.2) is 18.4 Å². The molecule has 0 spiro atoms. The standard InChI is InChI=1S/C12H19NO6S/c1-3-4-5-17-6-7-18-12(14)10-8-11(9(2)19-10)20(13,15)16/h8H,3-7H2,1-2H3,(H2,13,15,16). The quantitative estimate of drug-likeness (QED) is 0.571. The minimum atomic E-state index is -3.91. The van der Waals surface area contributed by atoms with Gasteiger partial charge in [0.15, 0.2) is 0 Å². The SMILES string of the molecule is CCCCOCCOC(=O)c1cc(S(N)(=O)=O)c(C)o1. The molecule has 0 aliphatic rings. The van der Waals surface area contributed by atoms with Crippen LogP contribution in [0.5, 0.6) is 0 Å². The summed E-state index contributed by atoms with van der Waals surface area (Å²) in [6.07, 6.45) is 1.98. The zero-order valence-electron chi connectivity index (χ0n) is 11.5. The number of primary sulfonamides is 1. The highest BCUT2D eigenvalue weighted by atomic mass is 32.2. The number of hydrogen-bond acceptors (Lipinski definition) is 6. The topological polar surface area (TPSA) is 109 Å². The van der Waals surface area contributed by atoms with Crippen LogP contribution >= 0.6 is 0 Å². The van der Waals surface area contributed by atoms with E-state index in [-0.39, 0.29) is 29.6 Å². The Kier molecular flexibility index (Phi) is 6.18. The lowest BCUT2D eigenvalue weighted by Gasteiger charge is -2.03. The minimum absolute atomic E-state index is 0.0543. The predicted molar refractivity (Wildman–Crippen MR) is 70.8 cm³/mol. The summed E-state index contributed by atoms with van der Waals surface area (Å²) < 4.78 is 37.5. The van der Waals surface area contributed by atoms with E-state index in [2.05, 4.69) is 0 Å². The van der Waals surface area contributed by atoms with E-state index < -0.39 is 16.0 Å². The lowest BCUT2D eigenvalue weighted by Crippen LogP contribution is -2.12. The van der Waals surface area contributed by atoms with Crippen LogP contribution in [0, 0.1) is 6.92 Å². The Hall–Kier alpha value is -1.38. The second kappa shape index (κ2) is 7.41. The lowest BCUT2D eigenvalue weighted by molar-refractivity contribution is 0.0283. The summed E-state index contributed by atoms with van der Waals surface area (Å²) in [6.45, 7) is 4.43. The maximum Gasteiger partial charge on any atom is 0.374 e. The summed E-state index contributed by atoms with van der Waals surface area (Å²) >= 11 is 0. The molecule has 0 saturated heterocycles. The Morgan fingerprint density at radius 2 is 2.05 bits per heavy atom. The number of rotatable bonds is 8. The molecule has 0 bridgehead atoms. The predicted octanol–water partition coefficient (Wildman–Crippen LogP) is 1.21. The van der Waals surface area contributed by atoms with Crippen LogP contribution < -0.4 is 5.14 Å². The maximum atomic E-state index is 11.6. The first-order chi connectivity index (χ1) is 9.36. The number of ether oxygens (including phenoxy) is 2. The van der Waals surface area contributed by atoms with Gasteiger partial charge in [0.05, 0.1) is 6.61 Å². The zero-order chi connectivity index (χ0) is 15.2. The molecule has 0 radical (unpaired) electrons. The fraction of sp³-hybridized carbons (Fsp3) is 0.583. The van der Waals surface area contributed by atoms with Crippen LogP contribution in [0.1, 0.15) is 36.1 Å². The molecule has 8 heteroatoms. The first kappa shape index (κ1) is 16.7. The normalized spacial score (nSPS) is 11.6. The van der Waals surface area contributed by atoms with Gasteiger partial charge in [-0.1, -0.05) is 13.3 Å². The van der Waals surface area contributed by atoms with Crippen LogP contribution in [0.15, 0.2) is 15.4 Å². The molecular formula is C12H19NO6S. The molecule has 0 fully saturated rings. The average Bonchev–Trinajstić information content (AvgIpc) is 2.75. The molecule has 0 aliphatic heterocycles. The van der Waals surface area contributed by atoms with Gasteiger partial charge in [-0.15, -0.1) is 0 Å². The van der Waals surface area contributed by atoms with Gasteiger partial charge in [0.2, 0.25) is 15.8 Å². The highest BCUT2D eigenvalue weighted by molar-refractivity contribution is 7.89. The number of carbonyl (C=O) groups is 1. The van der Waals surface area contributed by atoms with E-state index in [4.69, 9.17) is 19.0 Å². The summed E-state index contributed by atoms with van der Waals surface area (Å²) in [5.41, 5.74) is 0. The molecule has 0 amide bonds. The molecule has 0 atom stereocenters. The van der Waals surface area contributed by atoms with Crippen molar-refractivity contribution in [1.29, 1.82) is 0 Å². The van der Waals surface area contributed by atoms with Crippen LogP contribution in [0.3, 0.4) is 0 Å². The molecule has 0 aliphatic carbocycles. The lowest BCUT2D eigenvalue weighted by atomic mass is 10.4. The van der Waals surface area contributed by atoms with Gasteiger partial charge >= 0.3 is 5.97 Å². The Morgan fingerprint density at radius 1 is 1.35 bits per heavy atom. The van der Waals surface area contributed by atoms with Gasteiger partial charge in [0.25, 0.3) is 0 Å². The van der Waals surface area contributed by atoms with E-state index in [1.54, 1.807) is 0 Å². The first-order valence-electron chi connectivity index (χ1n) is 6.24. The fourth-order valence-electron chi connectivity index (χ4n) is 1.46. The molecule has 2 N–H and O–H groups in total. The molecule has 0 aromatic carbocycles. The van der Waals surface area contributed by atoms with Crippen molar-refractivity contribution in [3.8, 4) is 0 Å². The van der Waals surface area contributed by atoms with E-state index in [1.807, 2.05) is 6.92 Å². The average molecular weight is 305 g/mol. The third-order valence-corrected chi connectivity index (χ3v) is 3.50. The highest BCUT2D eigenvalue weighted by Gasteiger charge is 2.21. The second-order valence-electron chi connectivity index (χ2n) is 4.18. The number of esters is 1. The molecule has 20 heavy (non-hydrogen) atoms. The molecule has 1 aromatic rings. The van der Waals surface area contributed by atoms with E-state index in [0.717, 1.165) is 18.9 Å². The maximum absolute atomic E-state index is 11.6. The number of furan rings is 1. The number of unbranched alkanes of at least 4 members (excludes halogenated alkanes) is 1. The third-order valence-electron chi connectivity index (χ3n) is 2.48. The van der Waals surface area contributed by atoms with Crippen LogP contribution in [-0.4, -0.2) is 34.2 Å². The molecule has 7 nitrogen and oxygen atoms in total. The van der Waals surface area contributed by atoms with Gasteiger partial charge in [0, 0.05) is 12.7 Å². The summed E-state index contributed by atoms with van der Waals surface area (Å²) in [6, 6.07) is 1.06. The fourth-order valence-corrected chi connectivity index (χ4v) is 2.17. The summed E-state index contributed by atoms with van der Waals surface area (Å²) in [4.78, 5) is 11.4. The molecule has 1 heterocycles. The van der Waals surface area contributed by atoms with Crippen LogP contribution in [0.2, 0.25) is 0 Å². The van der Waals surface area contributed by atoms with Gasteiger partial charge in [-0.2, -0.15) is 0 Å². The number of aryl methyl sites for hydroxylation is 1. The van der Waals surface area contributed by atoms with E-state index >= 15 is 0 Å². The van der Waals surface area contributed by atoms with Crippen LogP contribution in [0.4, 0.5) is 0 Å². The summed E-state index contributed by atoms with van der Waals surface area (Å²) in [7, 11) is -3.91. The minimum Gasteiger partial charge on any atom is -0.457 e. The Balaban J connectivity index is 2.49. The number of nitrogens with two attached hydrogens (primary N) is 1. The van der Waals surface area contributed by atoms with Gasteiger partial charge in [-0.3, -0.25) is 0 Å². The molecule has 1 aromatic heterocycles. The number of carbonyl (C=O) groups excluding carboxylic acids is 1. The molecule has 1 rings (SSSR count). The zero-order valence-corrected chi connectivity index (χ0v) is 12.4. The van der Waals surface area contributed by atoms with Crippen molar-refractivity contribution >= 4 is 16.0 Å². The van der Waals surface area contributed by atoms with E-state index in [1.165, 1.54) is 6.92 Å².